The third-order valence-corrected chi connectivity index (χ3v) is 2.01. The molecular weight excluding hydrogens is 212 g/mol. The van der Waals surface area contributed by atoms with Gasteiger partial charge >= 0.3 is 5.69 Å². The Hall–Kier alpha value is -2.42. The Morgan fingerprint density at radius 1 is 1.56 bits per heavy atom. The number of nitro benzene ring substituents is 1. The van der Waals surface area contributed by atoms with Crippen LogP contribution in [0.2, 0.25) is 0 Å². The molecule has 0 aromatic heterocycles. The average molecular weight is 220 g/mol. The number of carbonyl (C=O) groups excluding carboxylic acids is 1. The van der Waals surface area contributed by atoms with E-state index in [1.165, 1.54) is 26.2 Å². The van der Waals surface area contributed by atoms with Gasteiger partial charge in [0.25, 0.3) is 0 Å². The van der Waals surface area contributed by atoms with Crippen molar-refractivity contribution in [2.24, 2.45) is 0 Å². The van der Waals surface area contributed by atoms with Crippen LogP contribution in [-0.2, 0) is 0 Å². The maximum absolute atomic E-state index is 11.3. The van der Waals surface area contributed by atoms with Crippen molar-refractivity contribution in [3.63, 3.8) is 0 Å². The number of ether oxygens (including phenoxy) is 1. The summed E-state index contributed by atoms with van der Waals surface area (Å²) in [6.45, 7) is 1.19. The predicted molar refractivity (Wildman–Crippen MR) is 54.4 cm³/mol. The summed E-state index contributed by atoms with van der Waals surface area (Å²) in [7, 11) is 1.30. The molecule has 16 heavy (non-hydrogen) atoms. The molecule has 0 aliphatic heterocycles. The lowest BCUT2D eigenvalue weighted by Crippen LogP contribution is -2.05. The summed E-state index contributed by atoms with van der Waals surface area (Å²) in [5.74, 6) is -0.418. The minimum absolute atomic E-state index is 0.0956. The Labute approximate surface area is 91.2 Å². The van der Waals surface area contributed by atoms with Gasteiger partial charge in [-0.2, -0.15) is 5.26 Å². The van der Waals surface area contributed by atoms with Crippen LogP contribution in [-0.4, -0.2) is 17.8 Å². The fourth-order valence-corrected chi connectivity index (χ4v) is 1.36. The van der Waals surface area contributed by atoms with Gasteiger partial charge in [0.05, 0.1) is 12.0 Å². The molecule has 0 bridgehead atoms. The fraction of sp³-hybridized carbons (Fsp3) is 0.200. The fourth-order valence-electron chi connectivity index (χ4n) is 1.36. The Kier molecular flexibility index (Phi) is 3.20. The molecule has 0 amide bonds. The van der Waals surface area contributed by atoms with Gasteiger partial charge < -0.3 is 4.74 Å². The molecule has 0 N–H and O–H groups in total. The highest BCUT2D eigenvalue weighted by atomic mass is 16.6. The molecule has 6 heteroatoms. The van der Waals surface area contributed by atoms with Gasteiger partial charge in [0.1, 0.15) is 22.9 Å². The Balaban J connectivity index is 3.68. The molecule has 0 fully saturated rings. The number of rotatable bonds is 3. The van der Waals surface area contributed by atoms with Gasteiger partial charge in [0.15, 0.2) is 5.78 Å². The van der Waals surface area contributed by atoms with Crippen LogP contribution in [0.15, 0.2) is 12.1 Å². The molecule has 0 aliphatic carbocycles. The van der Waals surface area contributed by atoms with Crippen LogP contribution in [0, 0.1) is 21.4 Å². The molecule has 0 unspecified atom stereocenters. The van der Waals surface area contributed by atoms with E-state index >= 15 is 0 Å². The van der Waals surface area contributed by atoms with Crippen molar-refractivity contribution in [2.75, 3.05) is 7.11 Å². The first-order chi connectivity index (χ1) is 7.52. The summed E-state index contributed by atoms with van der Waals surface area (Å²) >= 11 is 0. The summed E-state index contributed by atoms with van der Waals surface area (Å²) in [6, 6.07) is 4.29. The molecule has 0 atom stereocenters. The van der Waals surface area contributed by atoms with Gasteiger partial charge in [0, 0.05) is 0 Å². The van der Waals surface area contributed by atoms with Gasteiger partial charge in [-0.3, -0.25) is 14.9 Å². The standard InChI is InChI=1S/C10H8N2O4/c1-6(13)9-8(16-2)4-3-7(5-11)10(9)12(14)15/h3-4H,1-2H3. The monoisotopic (exact) mass is 220 g/mol. The number of nitrogens with zero attached hydrogens (tertiary/aromatic N) is 2. The molecule has 82 valence electrons. The summed E-state index contributed by atoms with van der Waals surface area (Å²) in [5, 5.41) is 19.6. The summed E-state index contributed by atoms with van der Waals surface area (Å²) < 4.78 is 4.86. The molecule has 0 heterocycles. The van der Waals surface area contributed by atoms with E-state index in [0.717, 1.165) is 0 Å². The van der Waals surface area contributed by atoms with Crippen molar-refractivity contribution >= 4 is 11.5 Å². The minimum atomic E-state index is -0.752. The Bertz CT molecular complexity index is 502. The first kappa shape index (κ1) is 11.7. The lowest BCUT2D eigenvalue weighted by Gasteiger charge is -2.06. The van der Waals surface area contributed by atoms with Crippen molar-refractivity contribution in [1.29, 1.82) is 5.26 Å². The van der Waals surface area contributed by atoms with Gasteiger partial charge in [-0.25, -0.2) is 0 Å². The topological polar surface area (TPSA) is 93.2 Å². The smallest absolute Gasteiger partial charge is 0.301 e. The minimum Gasteiger partial charge on any atom is -0.496 e. The molecule has 0 radical (unpaired) electrons. The summed E-state index contributed by atoms with van der Waals surface area (Å²) in [6.07, 6.45) is 0. The first-order valence-corrected chi connectivity index (χ1v) is 4.29. The highest BCUT2D eigenvalue weighted by molar-refractivity contribution is 6.01. The van der Waals surface area contributed by atoms with Crippen LogP contribution in [0.3, 0.4) is 0 Å². The molecule has 0 saturated heterocycles. The van der Waals surface area contributed by atoms with Crippen molar-refractivity contribution < 1.29 is 14.5 Å². The molecule has 1 aromatic carbocycles. The van der Waals surface area contributed by atoms with Gasteiger partial charge in [-0.05, 0) is 19.1 Å². The van der Waals surface area contributed by atoms with E-state index in [1.54, 1.807) is 6.07 Å². The zero-order valence-corrected chi connectivity index (χ0v) is 8.68. The highest BCUT2D eigenvalue weighted by Gasteiger charge is 2.26. The maximum Gasteiger partial charge on any atom is 0.301 e. The van der Waals surface area contributed by atoms with E-state index in [0.29, 0.717) is 0 Å². The molecule has 6 nitrogen and oxygen atoms in total. The molecule has 1 aromatic rings. The molecule has 0 spiro atoms. The van der Waals surface area contributed by atoms with Crippen LogP contribution >= 0.6 is 0 Å². The largest absolute Gasteiger partial charge is 0.496 e. The normalized spacial score (nSPS) is 9.31. The number of Topliss-reactive ketones (excluding diaryl/α,β-unsaturated/α-hetero) is 1. The van der Waals surface area contributed by atoms with Gasteiger partial charge in [0.2, 0.25) is 0 Å². The van der Waals surface area contributed by atoms with Crippen LogP contribution in [0.25, 0.3) is 0 Å². The van der Waals surface area contributed by atoms with E-state index in [-0.39, 0.29) is 16.9 Å². The molecular formula is C10H8N2O4. The molecule has 1 rings (SSSR count). The number of hydrogen-bond acceptors (Lipinski definition) is 5. The van der Waals surface area contributed by atoms with E-state index in [9.17, 15) is 14.9 Å². The second-order valence-electron chi connectivity index (χ2n) is 2.96. The van der Waals surface area contributed by atoms with E-state index in [1.807, 2.05) is 0 Å². The number of carbonyl (C=O) groups is 1. The highest BCUT2D eigenvalue weighted by Crippen LogP contribution is 2.31. The molecule has 0 aliphatic rings. The Morgan fingerprint density at radius 2 is 2.19 bits per heavy atom. The first-order valence-electron chi connectivity index (χ1n) is 4.29. The third-order valence-electron chi connectivity index (χ3n) is 2.01. The lowest BCUT2D eigenvalue weighted by atomic mass is 10.0. The second kappa shape index (κ2) is 4.40. The van der Waals surface area contributed by atoms with Gasteiger partial charge in [-0.1, -0.05) is 0 Å². The van der Waals surface area contributed by atoms with Crippen LogP contribution in [0.5, 0.6) is 5.75 Å². The lowest BCUT2D eigenvalue weighted by molar-refractivity contribution is -0.385. The predicted octanol–water partition coefficient (Wildman–Crippen LogP) is 1.68. The van der Waals surface area contributed by atoms with Crippen LogP contribution in [0.1, 0.15) is 22.8 Å². The van der Waals surface area contributed by atoms with Crippen molar-refractivity contribution in [1.82, 2.24) is 0 Å². The van der Waals surface area contributed by atoms with Crippen LogP contribution in [0.4, 0.5) is 5.69 Å². The van der Waals surface area contributed by atoms with E-state index in [2.05, 4.69) is 0 Å². The van der Waals surface area contributed by atoms with Gasteiger partial charge in [-0.15, -0.1) is 0 Å². The zero-order valence-electron chi connectivity index (χ0n) is 8.68. The van der Waals surface area contributed by atoms with E-state index in [4.69, 9.17) is 10.00 Å². The Morgan fingerprint density at radius 3 is 2.56 bits per heavy atom. The number of ketones is 1. The summed E-state index contributed by atoms with van der Waals surface area (Å²) in [5.41, 5.74) is -0.836. The second-order valence-corrected chi connectivity index (χ2v) is 2.96. The van der Waals surface area contributed by atoms with E-state index < -0.39 is 16.4 Å². The zero-order chi connectivity index (χ0) is 12.3. The number of methoxy groups -OCH3 is 1. The average Bonchev–Trinajstić information content (AvgIpc) is 2.26. The summed E-state index contributed by atoms with van der Waals surface area (Å²) in [4.78, 5) is 21.4. The van der Waals surface area contributed by atoms with Crippen LogP contribution < -0.4 is 4.74 Å². The van der Waals surface area contributed by atoms with Crippen molar-refractivity contribution in [3.05, 3.63) is 33.4 Å². The van der Waals surface area contributed by atoms with Crippen molar-refractivity contribution in [3.8, 4) is 11.8 Å². The van der Waals surface area contributed by atoms with Crippen molar-refractivity contribution in [2.45, 2.75) is 6.92 Å². The maximum atomic E-state index is 11.3. The SMILES string of the molecule is COc1ccc(C#N)c([N+](=O)[O-])c1C(C)=O. The molecule has 0 saturated carbocycles. The number of nitro groups is 1. The quantitative estimate of drug-likeness (QED) is 0.438. The number of hydrogen-bond donors (Lipinski definition) is 0. The third kappa shape index (κ3) is 1.83. The number of benzene rings is 1. The number of nitriles is 1.